The average molecular weight is 312 g/mol. The Morgan fingerprint density at radius 2 is 1.83 bits per heavy atom. The number of nitrogen functional groups attached to an aromatic ring is 1. The summed E-state index contributed by atoms with van der Waals surface area (Å²) in [4.78, 5) is 23.9. The fraction of sp³-hybridized carbons (Fsp3) is 0.222. The van der Waals surface area contributed by atoms with Gasteiger partial charge >= 0.3 is 5.97 Å². The lowest BCUT2D eigenvalue weighted by Gasteiger charge is -2.14. The maximum atomic E-state index is 12.0. The van der Waals surface area contributed by atoms with Crippen LogP contribution >= 0.6 is 0 Å². The number of carbonyl (C=O) groups is 2. The monoisotopic (exact) mass is 312 g/mol. The lowest BCUT2D eigenvalue weighted by Crippen LogP contribution is -2.31. The van der Waals surface area contributed by atoms with Crippen molar-refractivity contribution in [2.45, 2.75) is 19.9 Å². The highest BCUT2D eigenvalue weighted by atomic mass is 16.5. The lowest BCUT2D eigenvalue weighted by molar-refractivity contribution is -0.124. The van der Waals surface area contributed by atoms with Crippen LogP contribution in [0.25, 0.3) is 0 Å². The summed E-state index contributed by atoms with van der Waals surface area (Å²) in [7, 11) is 0. The second-order valence-corrected chi connectivity index (χ2v) is 5.31. The molecule has 1 amide bonds. The molecule has 0 bridgehead atoms. The maximum absolute atomic E-state index is 12.0. The van der Waals surface area contributed by atoms with E-state index in [1.165, 1.54) is 0 Å². The van der Waals surface area contributed by atoms with Gasteiger partial charge in [-0.05, 0) is 31.0 Å². The van der Waals surface area contributed by atoms with E-state index in [1.807, 2.05) is 37.3 Å². The Morgan fingerprint density at radius 1 is 1.13 bits per heavy atom. The Hall–Kier alpha value is -2.82. The van der Waals surface area contributed by atoms with Gasteiger partial charge in [0.05, 0.1) is 11.6 Å². The predicted octanol–water partition coefficient (Wildman–Crippen LogP) is 2.61. The number of benzene rings is 2. The summed E-state index contributed by atoms with van der Waals surface area (Å²) in [6.45, 7) is 3.33. The van der Waals surface area contributed by atoms with E-state index in [-0.39, 0.29) is 24.1 Å². The van der Waals surface area contributed by atoms with Crippen LogP contribution in [0, 0.1) is 6.92 Å². The predicted molar refractivity (Wildman–Crippen MR) is 88.9 cm³/mol. The summed E-state index contributed by atoms with van der Waals surface area (Å²) in [5.74, 6) is -0.963. The van der Waals surface area contributed by atoms with Crippen molar-refractivity contribution < 1.29 is 14.3 Å². The number of hydrogen-bond acceptors (Lipinski definition) is 4. The van der Waals surface area contributed by atoms with Crippen LogP contribution in [-0.2, 0) is 9.53 Å². The van der Waals surface area contributed by atoms with Crippen molar-refractivity contribution in [3.63, 3.8) is 0 Å². The van der Waals surface area contributed by atoms with Crippen LogP contribution in [0.5, 0.6) is 0 Å². The molecular weight excluding hydrogens is 292 g/mol. The van der Waals surface area contributed by atoms with Crippen LogP contribution in [0.3, 0.4) is 0 Å². The van der Waals surface area contributed by atoms with Crippen LogP contribution in [0.2, 0.25) is 0 Å². The van der Waals surface area contributed by atoms with E-state index in [0.717, 1.165) is 11.1 Å². The van der Waals surface area contributed by atoms with Gasteiger partial charge in [0.2, 0.25) is 0 Å². The number of aryl methyl sites for hydroxylation is 1. The van der Waals surface area contributed by atoms with Gasteiger partial charge in [0.1, 0.15) is 0 Å². The van der Waals surface area contributed by atoms with Gasteiger partial charge < -0.3 is 15.8 Å². The fourth-order valence-electron chi connectivity index (χ4n) is 2.18. The topological polar surface area (TPSA) is 81.4 Å². The molecule has 120 valence electrons. The second kappa shape index (κ2) is 7.45. The summed E-state index contributed by atoms with van der Waals surface area (Å²) in [5, 5.41) is 2.78. The molecule has 0 heterocycles. The third-order valence-electron chi connectivity index (χ3n) is 3.56. The minimum atomic E-state index is -0.603. The van der Waals surface area contributed by atoms with Crippen LogP contribution in [-0.4, -0.2) is 18.5 Å². The molecule has 0 saturated heterocycles. The standard InChI is InChI=1S/C18H20N2O3/c1-12-7-6-10-15(17(12)19)18(22)23-11-16(21)20-13(2)14-8-4-3-5-9-14/h3-10,13H,11,19H2,1-2H3,(H,20,21)/t13-/m0/s1. The molecule has 23 heavy (non-hydrogen) atoms. The number of ether oxygens (including phenoxy) is 1. The van der Waals surface area contributed by atoms with Crippen LogP contribution in [0.15, 0.2) is 48.5 Å². The Kier molecular flexibility index (Phi) is 5.36. The van der Waals surface area contributed by atoms with E-state index < -0.39 is 5.97 Å². The summed E-state index contributed by atoms with van der Waals surface area (Å²) in [5.41, 5.74) is 8.26. The molecule has 0 aliphatic rings. The summed E-state index contributed by atoms with van der Waals surface area (Å²) >= 11 is 0. The van der Waals surface area contributed by atoms with E-state index in [1.54, 1.807) is 25.1 Å². The molecule has 0 unspecified atom stereocenters. The van der Waals surface area contributed by atoms with Crippen molar-refractivity contribution in [3.8, 4) is 0 Å². The minimum absolute atomic E-state index is 0.161. The fourth-order valence-corrected chi connectivity index (χ4v) is 2.18. The molecule has 5 heteroatoms. The number of nitrogens with two attached hydrogens (primary N) is 1. The zero-order chi connectivity index (χ0) is 16.8. The number of rotatable bonds is 5. The second-order valence-electron chi connectivity index (χ2n) is 5.31. The Morgan fingerprint density at radius 3 is 2.52 bits per heavy atom. The molecule has 0 aliphatic carbocycles. The van der Waals surface area contributed by atoms with Crippen molar-refractivity contribution in [3.05, 3.63) is 65.2 Å². The molecule has 0 fully saturated rings. The molecule has 3 N–H and O–H groups in total. The summed E-state index contributed by atoms with van der Waals surface area (Å²) in [6, 6.07) is 14.5. The van der Waals surface area contributed by atoms with E-state index >= 15 is 0 Å². The third-order valence-corrected chi connectivity index (χ3v) is 3.56. The van der Waals surface area contributed by atoms with Gasteiger partial charge in [-0.25, -0.2) is 4.79 Å². The van der Waals surface area contributed by atoms with Gasteiger partial charge in [-0.3, -0.25) is 4.79 Å². The molecular formula is C18H20N2O3. The molecule has 0 aliphatic heterocycles. The van der Waals surface area contributed by atoms with Crippen molar-refractivity contribution in [2.75, 3.05) is 12.3 Å². The van der Waals surface area contributed by atoms with Crippen LogP contribution in [0.4, 0.5) is 5.69 Å². The van der Waals surface area contributed by atoms with Crippen molar-refractivity contribution >= 4 is 17.6 Å². The quantitative estimate of drug-likeness (QED) is 0.657. The number of para-hydroxylation sites is 1. The van der Waals surface area contributed by atoms with Crippen LogP contribution < -0.4 is 11.1 Å². The number of carbonyl (C=O) groups excluding carboxylic acids is 2. The van der Waals surface area contributed by atoms with E-state index in [4.69, 9.17) is 10.5 Å². The molecule has 0 radical (unpaired) electrons. The largest absolute Gasteiger partial charge is 0.452 e. The number of amides is 1. The van der Waals surface area contributed by atoms with E-state index in [2.05, 4.69) is 5.32 Å². The molecule has 2 aromatic carbocycles. The van der Waals surface area contributed by atoms with E-state index in [9.17, 15) is 9.59 Å². The van der Waals surface area contributed by atoms with Gasteiger partial charge in [-0.1, -0.05) is 42.5 Å². The molecule has 2 aromatic rings. The summed E-state index contributed by atoms with van der Waals surface area (Å²) in [6.07, 6.45) is 0. The SMILES string of the molecule is Cc1cccc(C(=O)OCC(=O)N[C@@H](C)c2ccccc2)c1N. The van der Waals surface area contributed by atoms with Crippen molar-refractivity contribution in [1.29, 1.82) is 0 Å². The first-order valence-electron chi connectivity index (χ1n) is 7.35. The number of esters is 1. The Labute approximate surface area is 135 Å². The minimum Gasteiger partial charge on any atom is -0.452 e. The molecule has 0 aromatic heterocycles. The molecule has 0 spiro atoms. The third kappa shape index (κ3) is 4.32. The summed E-state index contributed by atoms with van der Waals surface area (Å²) < 4.78 is 5.03. The Bertz CT molecular complexity index is 699. The number of anilines is 1. The van der Waals surface area contributed by atoms with E-state index in [0.29, 0.717) is 5.69 Å². The smallest absolute Gasteiger partial charge is 0.340 e. The Balaban J connectivity index is 1.89. The molecule has 2 rings (SSSR count). The van der Waals surface area contributed by atoms with Gasteiger partial charge in [-0.2, -0.15) is 0 Å². The number of hydrogen-bond donors (Lipinski definition) is 2. The molecule has 0 saturated carbocycles. The first kappa shape index (κ1) is 16.5. The average Bonchev–Trinajstić information content (AvgIpc) is 2.56. The van der Waals surface area contributed by atoms with Gasteiger partial charge in [0, 0.05) is 5.69 Å². The number of nitrogens with one attached hydrogen (secondary N) is 1. The van der Waals surface area contributed by atoms with Crippen molar-refractivity contribution in [1.82, 2.24) is 5.32 Å². The highest BCUT2D eigenvalue weighted by Crippen LogP contribution is 2.17. The maximum Gasteiger partial charge on any atom is 0.340 e. The molecule has 5 nitrogen and oxygen atoms in total. The highest BCUT2D eigenvalue weighted by Gasteiger charge is 2.15. The first-order valence-corrected chi connectivity index (χ1v) is 7.35. The van der Waals surface area contributed by atoms with Gasteiger partial charge in [0.25, 0.3) is 5.91 Å². The van der Waals surface area contributed by atoms with Gasteiger partial charge in [-0.15, -0.1) is 0 Å². The first-order chi connectivity index (χ1) is 11.0. The van der Waals surface area contributed by atoms with Gasteiger partial charge in [0.15, 0.2) is 6.61 Å². The zero-order valence-electron chi connectivity index (χ0n) is 13.2. The van der Waals surface area contributed by atoms with Crippen LogP contribution in [0.1, 0.15) is 34.5 Å². The highest BCUT2D eigenvalue weighted by molar-refractivity contribution is 5.96. The lowest BCUT2D eigenvalue weighted by atomic mass is 10.1. The molecule has 1 atom stereocenters. The normalized spacial score (nSPS) is 11.6. The zero-order valence-corrected chi connectivity index (χ0v) is 13.2. The van der Waals surface area contributed by atoms with Crippen molar-refractivity contribution in [2.24, 2.45) is 0 Å².